The van der Waals surface area contributed by atoms with E-state index in [1.165, 1.54) is 28.2 Å². The van der Waals surface area contributed by atoms with Crippen LogP contribution in [-0.2, 0) is 11.3 Å². The molecule has 6 nitrogen and oxygen atoms in total. The molecule has 6 rings (SSSR count). The van der Waals surface area contributed by atoms with Gasteiger partial charge in [0, 0.05) is 48.6 Å². The van der Waals surface area contributed by atoms with Gasteiger partial charge in [0.15, 0.2) is 5.11 Å². The summed E-state index contributed by atoms with van der Waals surface area (Å²) in [6.45, 7) is 8.63. The summed E-state index contributed by atoms with van der Waals surface area (Å²) >= 11 is 5.98. The van der Waals surface area contributed by atoms with Gasteiger partial charge in [0.25, 0.3) is 0 Å². The third kappa shape index (κ3) is 4.68. The number of hydrogen-bond acceptors (Lipinski definition) is 4. The van der Waals surface area contributed by atoms with E-state index in [4.69, 9.17) is 21.9 Å². The van der Waals surface area contributed by atoms with Crippen LogP contribution < -0.4 is 15.1 Å². The second-order valence-corrected chi connectivity index (χ2v) is 10.4. The molecule has 0 radical (unpaired) electrons. The first kappa shape index (κ1) is 24.6. The van der Waals surface area contributed by atoms with Gasteiger partial charge in [0.1, 0.15) is 0 Å². The van der Waals surface area contributed by atoms with E-state index in [-0.39, 0.29) is 12.1 Å². The number of ether oxygens (including phenoxy) is 1. The van der Waals surface area contributed by atoms with E-state index in [1.807, 2.05) is 18.3 Å². The third-order valence-electron chi connectivity index (χ3n) is 7.72. The van der Waals surface area contributed by atoms with E-state index in [0.29, 0.717) is 0 Å². The summed E-state index contributed by atoms with van der Waals surface area (Å²) in [6.07, 6.45) is 1.86. The van der Waals surface area contributed by atoms with E-state index in [9.17, 15) is 0 Å². The first-order chi connectivity index (χ1) is 18.6. The van der Waals surface area contributed by atoms with Gasteiger partial charge in [-0.1, -0.05) is 36.4 Å². The molecule has 2 aromatic heterocycles. The topological polar surface area (TPSA) is 45.6 Å². The first-order valence-corrected chi connectivity index (χ1v) is 13.6. The minimum absolute atomic E-state index is 0.0256. The Morgan fingerprint density at radius 2 is 1.63 bits per heavy atom. The van der Waals surface area contributed by atoms with E-state index in [2.05, 4.69) is 100 Å². The highest BCUT2D eigenvalue weighted by Crippen LogP contribution is 2.43. The Balaban J connectivity index is 1.39. The van der Waals surface area contributed by atoms with Crippen molar-refractivity contribution in [2.45, 2.75) is 32.5 Å². The maximum absolute atomic E-state index is 5.98. The molecule has 4 heterocycles. The minimum Gasteiger partial charge on any atom is -0.378 e. The molecule has 0 unspecified atom stereocenters. The average Bonchev–Trinajstić information content (AvgIpc) is 3.45. The first-order valence-electron chi connectivity index (χ1n) is 13.2. The lowest BCUT2D eigenvalue weighted by Gasteiger charge is -2.31. The molecule has 0 amide bonds. The second-order valence-electron chi connectivity index (χ2n) is 10.0. The second kappa shape index (κ2) is 10.6. The van der Waals surface area contributed by atoms with Gasteiger partial charge in [-0.2, -0.15) is 0 Å². The summed E-state index contributed by atoms with van der Waals surface area (Å²) in [7, 11) is 0. The number of nitrogens with zero attached hydrogens (tertiary/aromatic N) is 4. The number of rotatable bonds is 6. The zero-order chi connectivity index (χ0) is 26.1. The number of aryl methyl sites for hydroxylation is 1. The number of morpholine rings is 1. The zero-order valence-electron chi connectivity index (χ0n) is 21.9. The molecule has 0 saturated carbocycles. The minimum atomic E-state index is -0.0618. The fourth-order valence-electron chi connectivity index (χ4n) is 5.73. The van der Waals surface area contributed by atoms with Crippen LogP contribution in [0.25, 0.3) is 0 Å². The van der Waals surface area contributed by atoms with Gasteiger partial charge in [0.2, 0.25) is 0 Å². The van der Waals surface area contributed by atoms with Crippen LogP contribution in [0.1, 0.15) is 40.3 Å². The Hall–Kier alpha value is -3.68. The fraction of sp³-hybridized carbons (Fsp3) is 0.290. The highest BCUT2D eigenvalue weighted by Gasteiger charge is 2.42. The third-order valence-corrected chi connectivity index (χ3v) is 8.03. The normalized spacial score (nSPS) is 19.6. The largest absolute Gasteiger partial charge is 0.378 e. The van der Waals surface area contributed by atoms with Crippen molar-refractivity contribution in [3.8, 4) is 0 Å². The van der Waals surface area contributed by atoms with Gasteiger partial charge in [-0.15, -0.1) is 0 Å². The summed E-state index contributed by atoms with van der Waals surface area (Å²) in [5.41, 5.74) is 8.32. The Morgan fingerprint density at radius 1 is 0.921 bits per heavy atom. The molecule has 2 aromatic carbocycles. The van der Waals surface area contributed by atoms with Crippen LogP contribution in [0.3, 0.4) is 0 Å². The van der Waals surface area contributed by atoms with E-state index in [1.54, 1.807) is 0 Å². The van der Waals surface area contributed by atoms with E-state index in [0.717, 1.165) is 49.3 Å². The van der Waals surface area contributed by atoms with Crippen molar-refractivity contribution in [3.63, 3.8) is 0 Å². The molecule has 2 aliphatic rings. The Labute approximate surface area is 229 Å². The van der Waals surface area contributed by atoms with E-state index >= 15 is 0 Å². The molecule has 2 aliphatic heterocycles. The lowest BCUT2D eigenvalue weighted by atomic mass is 9.96. The molecule has 2 fully saturated rings. The summed E-state index contributed by atoms with van der Waals surface area (Å²) in [6, 6.07) is 27.7. The molecule has 7 heteroatoms. The lowest BCUT2D eigenvalue weighted by molar-refractivity contribution is 0.122. The number of nitrogens with one attached hydrogen (secondary N) is 1. The molecule has 2 saturated heterocycles. The van der Waals surface area contributed by atoms with Crippen molar-refractivity contribution in [2.75, 3.05) is 36.1 Å². The van der Waals surface area contributed by atoms with Gasteiger partial charge in [-0.05, 0) is 79.7 Å². The molecule has 1 N–H and O–H groups in total. The maximum atomic E-state index is 5.98. The van der Waals surface area contributed by atoms with Gasteiger partial charge < -0.3 is 24.4 Å². The number of anilines is 2. The summed E-state index contributed by atoms with van der Waals surface area (Å²) < 4.78 is 7.94. The van der Waals surface area contributed by atoms with Gasteiger partial charge in [-0.25, -0.2) is 0 Å². The summed E-state index contributed by atoms with van der Waals surface area (Å²) in [5.74, 6) is 0. The smallest absolute Gasteiger partial charge is 0.174 e. The lowest BCUT2D eigenvalue weighted by Crippen LogP contribution is -2.36. The van der Waals surface area contributed by atoms with Crippen molar-refractivity contribution in [1.82, 2.24) is 14.9 Å². The van der Waals surface area contributed by atoms with Crippen LogP contribution in [0.4, 0.5) is 11.4 Å². The van der Waals surface area contributed by atoms with Gasteiger partial charge in [0.05, 0.1) is 31.0 Å². The summed E-state index contributed by atoms with van der Waals surface area (Å²) in [4.78, 5) is 9.37. The Kier molecular flexibility index (Phi) is 6.87. The maximum Gasteiger partial charge on any atom is 0.174 e. The zero-order valence-corrected chi connectivity index (χ0v) is 22.7. The van der Waals surface area contributed by atoms with Crippen LogP contribution in [-0.4, -0.2) is 41.0 Å². The van der Waals surface area contributed by atoms with Crippen molar-refractivity contribution in [2.24, 2.45) is 0 Å². The summed E-state index contributed by atoms with van der Waals surface area (Å²) in [5, 5.41) is 4.33. The van der Waals surface area contributed by atoms with Crippen molar-refractivity contribution in [1.29, 1.82) is 0 Å². The molecule has 194 valence electrons. The number of pyridine rings is 1. The monoisotopic (exact) mass is 523 g/mol. The van der Waals surface area contributed by atoms with Crippen molar-refractivity contribution < 1.29 is 4.74 Å². The van der Waals surface area contributed by atoms with Crippen LogP contribution in [0.15, 0.2) is 85.1 Å². The van der Waals surface area contributed by atoms with Crippen LogP contribution in [0.2, 0.25) is 0 Å². The van der Waals surface area contributed by atoms with Crippen LogP contribution in [0, 0.1) is 13.8 Å². The molecule has 0 aliphatic carbocycles. The predicted octanol–water partition coefficient (Wildman–Crippen LogP) is 5.56. The molecular weight excluding hydrogens is 490 g/mol. The molecule has 0 bridgehead atoms. The number of hydrogen-bond donors (Lipinski definition) is 1. The van der Waals surface area contributed by atoms with Crippen molar-refractivity contribution in [3.05, 3.63) is 113 Å². The average molecular weight is 524 g/mol. The quantitative estimate of drug-likeness (QED) is 0.334. The molecule has 4 aromatic rings. The standard InChI is InChI=1S/C31H33N5OS/c1-22-20-27(23(2)35(22)21-24-8-4-3-5-9-24)30-29(28-10-6-7-15-32-28)33-31(38)36(30)26-13-11-25(12-14-26)34-16-18-37-19-17-34/h3-15,20,29-30H,16-19,21H2,1-2H3,(H,33,38)/t29-,30+/m0/s1. The highest BCUT2D eigenvalue weighted by molar-refractivity contribution is 7.80. The number of benzene rings is 2. The molecule has 38 heavy (non-hydrogen) atoms. The predicted molar refractivity (Wildman–Crippen MR) is 157 cm³/mol. The van der Waals surface area contributed by atoms with Crippen LogP contribution >= 0.6 is 12.2 Å². The Bertz CT molecular complexity index is 1400. The molecular formula is C31H33N5OS. The van der Waals surface area contributed by atoms with Crippen LogP contribution in [0.5, 0.6) is 0 Å². The van der Waals surface area contributed by atoms with Crippen molar-refractivity contribution >= 4 is 28.7 Å². The number of aromatic nitrogens is 2. The van der Waals surface area contributed by atoms with Gasteiger partial charge >= 0.3 is 0 Å². The van der Waals surface area contributed by atoms with Gasteiger partial charge in [-0.3, -0.25) is 4.98 Å². The highest BCUT2D eigenvalue weighted by atomic mass is 32.1. The fourth-order valence-corrected chi connectivity index (χ4v) is 6.08. The van der Waals surface area contributed by atoms with E-state index < -0.39 is 0 Å². The SMILES string of the molecule is Cc1cc([C@@H]2[C@H](c3ccccn3)NC(=S)N2c2ccc(N3CCOCC3)cc2)c(C)n1Cc1ccccc1. The number of thiocarbonyl (C=S) groups is 1. The molecule has 2 atom stereocenters. The molecule has 0 spiro atoms. The Morgan fingerprint density at radius 3 is 2.34 bits per heavy atom.